The molecule has 128 valence electrons. The maximum absolute atomic E-state index is 12.5. The van der Waals surface area contributed by atoms with Crippen molar-refractivity contribution in [1.29, 1.82) is 0 Å². The van der Waals surface area contributed by atoms with Gasteiger partial charge >= 0.3 is 0 Å². The number of nitrogens with two attached hydrogens (primary N) is 1. The lowest BCUT2D eigenvalue weighted by Gasteiger charge is -2.24. The summed E-state index contributed by atoms with van der Waals surface area (Å²) in [5, 5.41) is 31.4. The third kappa shape index (κ3) is 2.28. The van der Waals surface area contributed by atoms with Crippen molar-refractivity contribution in [2.75, 3.05) is 12.8 Å². The Labute approximate surface area is 135 Å². The van der Waals surface area contributed by atoms with Crippen molar-refractivity contribution >= 4 is 29.7 Å². The molecule has 1 aliphatic heterocycles. The van der Waals surface area contributed by atoms with Crippen LogP contribution < -0.4 is 11.1 Å². The Kier molecular flexibility index (Phi) is 4.31. The molecule has 24 heavy (non-hydrogen) atoms. The zero-order chi connectivity index (χ0) is 18.2. The fourth-order valence-corrected chi connectivity index (χ4v) is 2.55. The topological polar surface area (TPSA) is 170 Å². The van der Waals surface area contributed by atoms with Crippen molar-refractivity contribution in [1.82, 2.24) is 10.2 Å². The summed E-state index contributed by atoms with van der Waals surface area (Å²) in [6.07, 6.45) is 0.300. The van der Waals surface area contributed by atoms with Crippen LogP contribution in [0, 0.1) is 0 Å². The van der Waals surface area contributed by atoms with E-state index in [0.29, 0.717) is 11.2 Å². The largest absolute Gasteiger partial charge is 0.504 e. The van der Waals surface area contributed by atoms with E-state index in [0.717, 1.165) is 0 Å². The van der Waals surface area contributed by atoms with Gasteiger partial charge in [0.05, 0.1) is 11.3 Å². The Morgan fingerprint density at radius 3 is 2.29 bits per heavy atom. The van der Waals surface area contributed by atoms with Crippen LogP contribution in [0.4, 0.5) is 5.69 Å². The van der Waals surface area contributed by atoms with Gasteiger partial charge in [-0.1, -0.05) is 0 Å². The van der Waals surface area contributed by atoms with E-state index in [9.17, 15) is 34.5 Å². The SMILES string of the molecule is CNC(=O)C(CCC=O)N1C(=O)c2c(N)c(O)c(O)c(O)c2C1=O. The van der Waals surface area contributed by atoms with E-state index in [1.807, 2.05) is 0 Å². The molecule has 1 aromatic carbocycles. The number of carbonyl (C=O) groups excluding carboxylic acids is 4. The highest BCUT2D eigenvalue weighted by Crippen LogP contribution is 2.48. The molecule has 3 amide bonds. The number of nitrogen functional groups attached to an aromatic ring is 1. The van der Waals surface area contributed by atoms with Crippen LogP contribution in [0.15, 0.2) is 0 Å². The van der Waals surface area contributed by atoms with Gasteiger partial charge in [-0.2, -0.15) is 0 Å². The molecule has 1 atom stereocenters. The molecule has 0 spiro atoms. The standard InChI is InChI=1S/C14H15N3O7/c1-16-12(22)5(3-2-4-18)17-13(23)6-7(14(17)24)9(19)11(21)10(20)8(6)15/h4-5,19-21H,2-3,15H2,1H3,(H,16,22). The number of likely N-dealkylation sites (N-methyl/N-ethyl adjacent to an activating group) is 1. The van der Waals surface area contributed by atoms with Gasteiger partial charge in [0.1, 0.15) is 17.9 Å². The summed E-state index contributed by atoms with van der Waals surface area (Å²) in [7, 11) is 1.29. The number of phenols is 3. The number of aldehydes is 1. The Bertz CT molecular complexity index is 712. The summed E-state index contributed by atoms with van der Waals surface area (Å²) in [5.74, 6) is -5.77. The zero-order valence-corrected chi connectivity index (χ0v) is 12.6. The average molecular weight is 337 g/mol. The summed E-state index contributed by atoms with van der Waals surface area (Å²) < 4.78 is 0. The monoisotopic (exact) mass is 337 g/mol. The zero-order valence-electron chi connectivity index (χ0n) is 12.6. The highest BCUT2D eigenvalue weighted by molar-refractivity contribution is 6.27. The molecular weight excluding hydrogens is 322 g/mol. The molecule has 1 aliphatic rings. The maximum Gasteiger partial charge on any atom is 0.266 e. The first-order valence-electron chi connectivity index (χ1n) is 6.87. The smallest absolute Gasteiger partial charge is 0.266 e. The summed E-state index contributed by atoms with van der Waals surface area (Å²) in [4.78, 5) is 48.1. The molecule has 1 aromatic rings. The minimum Gasteiger partial charge on any atom is -0.504 e. The maximum atomic E-state index is 12.5. The van der Waals surface area contributed by atoms with E-state index in [2.05, 4.69) is 5.32 Å². The Balaban J connectivity index is 2.60. The number of benzene rings is 1. The van der Waals surface area contributed by atoms with Crippen LogP contribution >= 0.6 is 0 Å². The van der Waals surface area contributed by atoms with Crippen molar-refractivity contribution in [3.05, 3.63) is 11.1 Å². The van der Waals surface area contributed by atoms with E-state index >= 15 is 0 Å². The van der Waals surface area contributed by atoms with Crippen molar-refractivity contribution in [3.63, 3.8) is 0 Å². The number of nitrogens with zero attached hydrogens (tertiary/aromatic N) is 1. The van der Waals surface area contributed by atoms with Crippen molar-refractivity contribution in [3.8, 4) is 17.2 Å². The number of phenolic OH excluding ortho intramolecular Hbond substituents is 3. The molecule has 0 bridgehead atoms. The molecule has 1 heterocycles. The van der Waals surface area contributed by atoms with Crippen molar-refractivity contribution in [2.24, 2.45) is 0 Å². The molecule has 0 fully saturated rings. The summed E-state index contributed by atoms with van der Waals surface area (Å²) in [5.41, 5.74) is 3.85. The normalized spacial score (nSPS) is 14.5. The third-order valence-electron chi connectivity index (χ3n) is 3.74. The highest BCUT2D eigenvalue weighted by atomic mass is 16.3. The minimum atomic E-state index is -1.31. The van der Waals surface area contributed by atoms with E-state index in [-0.39, 0.29) is 12.8 Å². The van der Waals surface area contributed by atoms with E-state index in [1.54, 1.807) is 0 Å². The van der Waals surface area contributed by atoms with Crippen LogP contribution in [0.2, 0.25) is 0 Å². The van der Waals surface area contributed by atoms with Gasteiger partial charge in [-0.3, -0.25) is 19.3 Å². The first-order chi connectivity index (χ1) is 11.3. The molecule has 10 nitrogen and oxygen atoms in total. The lowest BCUT2D eigenvalue weighted by molar-refractivity contribution is -0.124. The molecule has 6 N–H and O–H groups in total. The van der Waals surface area contributed by atoms with Gasteiger partial charge < -0.3 is 31.2 Å². The summed E-state index contributed by atoms with van der Waals surface area (Å²) in [6.45, 7) is 0. The average Bonchev–Trinajstić information content (AvgIpc) is 2.82. The van der Waals surface area contributed by atoms with Gasteiger partial charge in [-0.15, -0.1) is 0 Å². The second-order valence-corrected chi connectivity index (χ2v) is 5.06. The molecule has 10 heteroatoms. The number of nitrogens with one attached hydrogen (secondary N) is 1. The second kappa shape index (κ2) is 6.07. The number of aromatic hydroxyl groups is 3. The Morgan fingerprint density at radius 1 is 1.17 bits per heavy atom. The molecular formula is C14H15N3O7. The molecule has 0 saturated heterocycles. The van der Waals surface area contributed by atoms with Gasteiger partial charge in [0.2, 0.25) is 11.7 Å². The predicted molar refractivity (Wildman–Crippen MR) is 79.5 cm³/mol. The van der Waals surface area contributed by atoms with Crippen LogP contribution in [0.5, 0.6) is 17.2 Å². The van der Waals surface area contributed by atoms with Gasteiger partial charge in [0, 0.05) is 13.5 Å². The molecule has 1 unspecified atom stereocenters. The number of carbonyl (C=O) groups is 4. The lowest BCUT2D eigenvalue weighted by Crippen LogP contribution is -2.48. The number of rotatable bonds is 5. The molecule has 0 saturated carbocycles. The van der Waals surface area contributed by atoms with Crippen molar-refractivity contribution in [2.45, 2.75) is 18.9 Å². The molecule has 0 radical (unpaired) electrons. The number of fused-ring (bicyclic) bond motifs is 1. The van der Waals surface area contributed by atoms with Gasteiger partial charge in [-0.25, -0.2) is 0 Å². The van der Waals surface area contributed by atoms with E-state index in [4.69, 9.17) is 5.73 Å². The molecule has 2 rings (SSSR count). The minimum absolute atomic E-state index is 0.0938. The Hall–Kier alpha value is -3.30. The van der Waals surface area contributed by atoms with Crippen LogP contribution in [-0.2, 0) is 9.59 Å². The fourth-order valence-electron chi connectivity index (χ4n) is 2.55. The summed E-state index contributed by atoms with van der Waals surface area (Å²) >= 11 is 0. The predicted octanol–water partition coefficient (Wildman–Crippen LogP) is -0.925. The molecule has 0 aliphatic carbocycles. The van der Waals surface area contributed by atoms with E-state index in [1.165, 1.54) is 7.05 Å². The second-order valence-electron chi connectivity index (χ2n) is 5.06. The van der Waals surface area contributed by atoms with Crippen molar-refractivity contribution < 1.29 is 34.5 Å². The van der Waals surface area contributed by atoms with Crippen LogP contribution in [-0.4, -0.2) is 57.3 Å². The van der Waals surface area contributed by atoms with Gasteiger partial charge in [0.15, 0.2) is 11.5 Å². The first-order valence-corrected chi connectivity index (χ1v) is 6.87. The fraction of sp³-hybridized carbons (Fsp3) is 0.286. The van der Waals surface area contributed by atoms with Crippen LogP contribution in [0.1, 0.15) is 33.6 Å². The third-order valence-corrected chi connectivity index (χ3v) is 3.74. The van der Waals surface area contributed by atoms with E-state index < -0.39 is 57.8 Å². The highest BCUT2D eigenvalue weighted by Gasteiger charge is 2.47. The molecule has 0 aromatic heterocycles. The Morgan fingerprint density at radius 2 is 1.75 bits per heavy atom. The van der Waals surface area contributed by atoms with Gasteiger partial charge in [-0.05, 0) is 6.42 Å². The number of amides is 3. The number of anilines is 1. The van der Waals surface area contributed by atoms with Gasteiger partial charge in [0.25, 0.3) is 11.8 Å². The lowest BCUT2D eigenvalue weighted by atomic mass is 10.0. The number of imide groups is 1. The first kappa shape index (κ1) is 17.1. The summed E-state index contributed by atoms with van der Waals surface area (Å²) in [6, 6.07) is -1.31. The number of hydrogen-bond donors (Lipinski definition) is 5. The number of hydrogen-bond acceptors (Lipinski definition) is 8. The van der Waals surface area contributed by atoms with Crippen LogP contribution in [0.25, 0.3) is 0 Å². The van der Waals surface area contributed by atoms with Crippen LogP contribution in [0.3, 0.4) is 0 Å². The quantitative estimate of drug-likeness (QED) is 0.151.